The van der Waals surface area contributed by atoms with E-state index in [4.69, 9.17) is 5.84 Å². The molecule has 1 aromatic heterocycles. The predicted molar refractivity (Wildman–Crippen MR) is 65.4 cm³/mol. The second-order valence-corrected chi connectivity index (χ2v) is 4.74. The molecule has 1 aliphatic rings. The average molecular weight is 270 g/mol. The van der Waals surface area contributed by atoms with Gasteiger partial charge in [-0.05, 0) is 37.5 Å². The molecular formula is C12H13F3N4. The number of hydrogen-bond donors (Lipinski definition) is 2. The van der Waals surface area contributed by atoms with Crippen molar-refractivity contribution in [3.05, 3.63) is 23.8 Å². The third-order valence-corrected chi connectivity index (χ3v) is 3.59. The number of aromatic nitrogens is 2. The number of imidazole rings is 1. The number of nitrogens with two attached hydrogens (primary N) is 1. The molecule has 3 N–H and O–H groups in total. The number of anilines is 1. The number of hydrogen-bond acceptors (Lipinski definition) is 3. The minimum Gasteiger partial charge on any atom is -0.306 e. The number of nitrogens with zero attached hydrogens (tertiary/aromatic N) is 2. The Hall–Kier alpha value is -1.76. The minimum absolute atomic E-state index is 0.180. The minimum atomic E-state index is -4.35. The zero-order valence-electron chi connectivity index (χ0n) is 10.0. The van der Waals surface area contributed by atoms with E-state index in [2.05, 4.69) is 10.4 Å². The molecule has 0 atom stereocenters. The highest BCUT2D eigenvalue weighted by molar-refractivity contribution is 5.80. The van der Waals surface area contributed by atoms with Gasteiger partial charge in [0.2, 0.25) is 5.95 Å². The summed E-state index contributed by atoms with van der Waals surface area (Å²) >= 11 is 0. The first kappa shape index (κ1) is 12.3. The average Bonchev–Trinajstić information content (AvgIpc) is 2.64. The second-order valence-electron chi connectivity index (χ2n) is 4.74. The lowest BCUT2D eigenvalue weighted by molar-refractivity contribution is -0.137. The van der Waals surface area contributed by atoms with Crippen LogP contribution in [0.3, 0.4) is 0 Å². The number of nitrogen functional groups attached to an aromatic ring is 1. The monoisotopic (exact) mass is 270 g/mol. The first-order valence-electron chi connectivity index (χ1n) is 6.06. The fourth-order valence-electron chi connectivity index (χ4n) is 2.39. The Bertz CT molecular complexity index is 613. The van der Waals surface area contributed by atoms with Crippen molar-refractivity contribution in [2.75, 3.05) is 5.43 Å². The highest BCUT2D eigenvalue weighted by Crippen LogP contribution is 2.38. The van der Waals surface area contributed by atoms with E-state index in [-0.39, 0.29) is 6.04 Å². The summed E-state index contributed by atoms with van der Waals surface area (Å²) in [6.45, 7) is 0. The molecule has 0 bridgehead atoms. The topological polar surface area (TPSA) is 55.9 Å². The maximum atomic E-state index is 12.8. The van der Waals surface area contributed by atoms with Gasteiger partial charge in [-0.15, -0.1) is 0 Å². The highest BCUT2D eigenvalue weighted by atomic mass is 19.4. The van der Waals surface area contributed by atoms with Crippen molar-refractivity contribution in [1.82, 2.24) is 9.55 Å². The van der Waals surface area contributed by atoms with Crippen molar-refractivity contribution in [3.63, 3.8) is 0 Å². The van der Waals surface area contributed by atoms with E-state index in [1.54, 1.807) is 4.57 Å². The number of hydrazine groups is 1. The van der Waals surface area contributed by atoms with E-state index in [1.807, 2.05) is 0 Å². The summed E-state index contributed by atoms with van der Waals surface area (Å²) in [5.74, 6) is 5.82. The summed E-state index contributed by atoms with van der Waals surface area (Å²) < 4.78 is 40.1. The molecule has 1 saturated carbocycles. The molecule has 1 aromatic carbocycles. The number of benzene rings is 1. The number of nitrogens with one attached hydrogen (secondary N) is 1. The molecule has 1 fully saturated rings. The predicted octanol–water partition coefficient (Wildman–Crippen LogP) is 3.07. The van der Waals surface area contributed by atoms with Crippen LogP contribution in [0.5, 0.6) is 0 Å². The summed E-state index contributed by atoms with van der Waals surface area (Å²) in [5.41, 5.74) is 2.80. The first-order valence-corrected chi connectivity index (χ1v) is 6.06. The van der Waals surface area contributed by atoms with Gasteiger partial charge < -0.3 is 4.57 Å². The van der Waals surface area contributed by atoms with Gasteiger partial charge in [0.1, 0.15) is 0 Å². The van der Waals surface area contributed by atoms with E-state index in [0.717, 1.165) is 31.4 Å². The van der Waals surface area contributed by atoms with Crippen LogP contribution in [0.1, 0.15) is 30.9 Å². The zero-order valence-corrected chi connectivity index (χ0v) is 10.0. The Balaban J connectivity index is 2.19. The Morgan fingerprint density at radius 1 is 1.32 bits per heavy atom. The van der Waals surface area contributed by atoms with Gasteiger partial charge >= 0.3 is 6.18 Å². The van der Waals surface area contributed by atoms with Gasteiger partial charge in [-0.3, -0.25) is 5.43 Å². The fraction of sp³-hybridized carbons (Fsp3) is 0.417. The van der Waals surface area contributed by atoms with Gasteiger partial charge in [-0.25, -0.2) is 10.8 Å². The molecule has 0 amide bonds. The lowest BCUT2D eigenvalue weighted by Gasteiger charge is -2.28. The molecule has 0 aliphatic heterocycles. The molecule has 1 aliphatic carbocycles. The van der Waals surface area contributed by atoms with Crippen LogP contribution in [0.15, 0.2) is 18.2 Å². The summed E-state index contributed by atoms with van der Waals surface area (Å²) in [5, 5.41) is 0. The third-order valence-electron chi connectivity index (χ3n) is 3.59. The van der Waals surface area contributed by atoms with Gasteiger partial charge in [0, 0.05) is 6.04 Å². The molecule has 0 radical (unpaired) electrons. The van der Waals surface area contributed by atoms with E-state index >= 15 is 0 Å². The van der Waals surface area contributed by atoms with Crippen molar-refractivity contribution >= 4 is 17.0 Å². The van der Waals surface area contributed by atoms with Gasteiger partial charge in [0.25, 0.3) is 0 Å². The van der Waals surface area contributed by atoms with Crippen molar-refractivity contribution in [3.8, 4) is 0 Å². The summed E-state index contributed by atoms with van der Waals surface area (Å²) in [4.78, 5) is 4.22. The van der Waals surface area contributed by atoms with Gasteiger partial charge in [-0.1, -0.05) is 0 Å². The Morgan fingerprint density at radius 2 is 2.05 bits per heavy atom. The van der Waals surface area contributed by atoms with Crippen LogP contribution in [0.25, 0.3) is 11.0 Å². The maximum absolute atomic E-state index is 12.8. The molecule has 102 valence electrons. The van der Waals surface area contributed by atoms with Crippen LogP contribution in [0.2, 0.25) is 0 Å². The smallest absolute Gasteiger partial charge is 0.306 e. The summed E-state index contributed by atoms with van der Waals surface area (Å²) in [7, 11) is 0. The normalized spacial score (nSPS) is 16.6. The maximum Gasteiger partial charge on any atom is 0.416 e. The van der Waals surface area contributed by atoms with Crippen LogP contribution < -0.4 is 11.3 Å². The molecule has 1 heterocycles. The van der Waals surface area contributed by atoms with Crippen LogP contribution in [0.4, 0.5) is 19.1 Å². The second kappa shape index (κ2) is 4.12. The largest absolute Gasteiger partial charge is 0.416 e. The number of rotatable bonds is 2. The van der Waals surface area contributed by atoms with Crippen molar-refractivity contribution in [2.45, 2.75) is 31.5 Å². The molecule has 0 unspecified atom stereocenters. The van der Waals surface area contributed by atoms with Crippen LogP contribution in [-0.2, 0) is 6.18 Å². The van der Waals surface area contributed by atoms with Crippen LogP contribution in [0, 0.1) is 0 Å². The Labute approximate surface area is 107 Å². The molecule has 2 aromatic rings. The molecule has 0 spiro atoms. The molecule has 0 saturated heterocycles. The number of alkyl halides is 3. The van der Waals surface area contributed by atoms with E-state index in [9.17, 15) is 13.2 Å². The number of fused-ring (bicyclic) bond motifs is 1. The Kier molecular flexibility index (Phi) is 2.67. The SMILES string of the molecule is NNc1nc2ccc(C(F)(F)F)cc2n1C1CCC1. The quantitative estimate of drug-likeness (QED) is 0.651. The van der Waals surface area contributed by atoms with Crippen LogP contribution in [-0.4, -0.2) is 9.55 Å². The van der Waals surface area contributed by atoms with Gasteiger partial charge in [-0.2, -0.15) is 13.2 Å². The molecule has 7 heteroatoms. The van der Waals surface area contributed by atoms with Crippen molar-refractivity contribution in [1.29, 1.82) is 0 Å². The third kappa shape index (κ3) is 1.94. The van der Waals surface area contributed by atoms with Gasteiger partial charge in [0.15, 0.2) is 0 Å². The van der Waals surface area contributed by atoms with E-state index in [0.29, 0.717) is 17.0 Å². The Morgan fingerprint density at radius 3 is 2.58 bits per heavy atom. The van der Waals surface area contributed by atoms with E-state index < -0.39 is 11.7 Å². The first-order chi connectivity index (χ1) is 9.00. The summed E-state index contributed by atoms with van der Waals surface area (Å²) in [6, 6.07) is 3.75. The van der Waals surface area contributed by atoms with E-state index in [1.165, 1.54) is 6.07 Å². The molecule has 3 rings (SSSR count). The number of halogens is 3. The van der Waals surface area contributed by atoms with Crippen molar-refractivity contribution in [2.24, 2.45) is 5.84 Å². The lowest BCUT2D eigenvalue weighted by Crippen LogP contribution is -2.21. The molecule has 4 nitrogen and oxygen atoms in total. The van der Waals surface area contributed by atoms with Gasteiger partial charge in [0.05, 0.1) is 16.6 Å². The summed E-state index contributed by atoms with van der Waals surface area (Å²) in [6.07, 6.45) is -1.39. The van der Waals surface area contributed by atoms with Crippen LogP contribution >= 0.6 is 0 Å². The zero-order chi connectivity index (χ0) is 13.6. The molecule has 19 heavy (non-hydrogen) atoms. The highest BCUT2D eigenvalue weighted by Gasteiger charge is 2.32. The fourth-order valence-corrected chi connectivity index (χ4v) is 2.39. The standard InChI is InChI=1S/C12H13F3N4/c13-12(14,15)7-4-5-9-10(6-7)19(8-2-1-3-8)11(17-9)18-16/h4-6,8H,1-3,16H2,(H,17,18). The molecular weight excluding hydrogens is 257 g/mol. The van der Waals surface area contributed by atoms with Crippen molar-refractivity contribution < 1.29 is 13.2 Å². The lowest BCUT2D eigenvalue weighted by atomic mass is 9.92.